The van der Waals surface area contributed by atoms with Crippen LogP contribution in [0.1, 0.15) is 22.7 Å². The Morgan fingerprint density at radius 1 is 0.917 bits per heavy atom. The first-order valence-electron chi connectivity index (χ1n) is 11.4. The number of nitrogens with one attached hydrogen (secondary N) is 1. The van der Waals surface area contributed by atoms with Gasteiger partial charge >= 0.3 is 0 Å². The highest BCUT2D eigenvalue weighted by molar-refractivity contribution is 7.88. The van der Waals surface area contributed by atoms with Crippen LogP contribution in [0.2, 0.25) is 0 Å². The third kappa shape index (κ3) is 7.16. The molecule has 0 saturated heterocycles. The molecule has 0 unspecified atom stereocenters. The van der Waals surface area contributed by atoms with Gasteiger partial charge in [0.05, 0.1) is 19.9 Å². The number of ether oxygens (including phenoxy) is 1. The number of benzene rings is 3. The van der Waals surface area contributed by atoms with Gasteiger partial charge in [-0.15, -0.1) is 0 Å². The Morgan fingerprint density at radius 3 is 2.11 bits per heavy atom. The quantitative estimate of drug-likeness (QED) is 0.429. The fourth-order valence-corrected chi connectivity index (χ4v) is 4.08. The lowest BCUT2D eigenvalue weighted by Gasteiger charge is -2.32. The van der Waals surface area contributed by atoms with Crippen molar-refractivity contribution in [2.75, 3.05) is 27.0 Å². The van der Waals surface area contributed by atoms with Crippen molar-refractivity contribution in [2.24, 2.45) is 0 Å². The Balaban J connectivity index is 1.97. The van der Waals surface area contributed by atoms with E-state index in [0.29, 0.717) is 11.3 Å². The van der Waals surface area contributed by atoms with Crippen molar-refractivity contribution in [1.82, 2.24) is 14.5 Å². The van der Waals surface area contributed by atoms with Crippen LogP contribution in [0, 0.1) is 0 Å². The minimum absolute atomic E-state index is 0.124. The fourth-order valence-electron chi connectivity index (χ4n) is 3.74. The monoisotopic (exact) mass is 509 g/mol. The van der Waals surface area contributed by atoms with Crippen LogP contribution in [0.5, 0.6) is 5.75 Å². The molecule has 190 valence electrons. The average Bonchev–Trinajstić information content (AvgIpc) is 2.87. The van der Waals surface area contributed by atoms with Crippen LogP contribution in [-0.2, 0) is 32.7 Å². The van der Waals surface area contributed by atoms with Gasteiger partial charge in [0.2, 0.25) is 21.8 Å². The van der Waals surface area contributed by atoms with E-state index in [1.807, 2.05) is 60.7 Å². The standard InChI is InChI=1S/C27H31N3O5S/c1-29(36(3,33)34)20-25(31)30(19-21-12-6-4-7-13-21)26(22-14-8-5-9-15-22)27(32)28-18-23-16-10-11-17-24(23)35-2/h4-17,26H,18-20H2,1-3H3,(H,28,32)/t26-/m0/s1. The molecule has 0 saturated carbocycles. The Morgan fingerprint density at radius 2 is 1.50 bits per heavy atom. The molecule has 1 N–H and O–H groups in total. The van der Waals surface area contributed by atoms with Crippen molar-refractivity contribution in [3.63, 3.8) is 0 Å². The molecule has 2 amide bonds. The van der Waals surface area contributed by atoms with Gasteiger partial charge in [-0.05, 0) is 17.2 Å². The van der Waals surface area contributed by atoms with Crippen molar-refractivity contribution < 1.29 is 22.7 Å². The number of sulfonamides is 1. The van der Waals surface area contributed by atoms with Gasteiger partial charge in [0.1, 0.15) is 11.8 Å². The van der Waals surface area contributed by atoms with Gasteiger partial charge in [0, 0.05) is 25.7 Å². The summed E-state index contributed by atoms with van der Waals surface area (Å²) in [6, 6.07) is 24.6. The second-order valence-corrected chi connectivity index (χ2v) is 10.5. The minimum atomic E-state index is -3.60. The molecular weight excluding hydrogens is 478 g/mol. The van der Waals surface area contributed by atoms with Crippen molar-refractivity contribution in [3.05, 3.63) is 102 Å². The van der Waals surface area contributed by atoms with Crippen LogP contribution in [0.3, 0.4) is 0 Å². The van der Waals surface area contributed by atoms with E-state index in [0.717, 1.165) is 21.7 Å². The highest BCUT2D eigenvalue weighted by Crippen LogP contribution is 2.25. The molecule has 1 atom stereocenters. The summed E-state index contributed by atoms with van der Waals surface area (Å²) in [6.45, 7) is -0.0729. The number of hydrogen-bond acceptors (Lipinski definition) is 5. The predicted molar refractivity (Wildman–Crippen MR) is 138 cm³/mol. The summed E-state index contributed by atoms with van der Waals surface area (Å²) in [5.74, 6) is -0.243. The number of nitrogens with zero attached hydrogens (tertiary/aromatic N) is 2. The van der Waals surface area contributed by atoms with Gasteiger partial charge in [-0.1, -0.05) is 78.9 Å². The summed E-state index contributed by atoms with van der Waals surface area (Å²) < 4.78 is 30.4. The molecule has 36 heavy (non-hydrogen) atoms. The highest BCUT2D eigenvalue weighted by Gasteiger charge is 2.33. The summed E-state index contributed by atoms with van der Waals surface area (Å²) >= 11 is 0. The summed E-state index contributed by atoms with van der Waals surface area (Å²) in [7, 11) is -0.695. The van der Waals surface area contributed by atoms with Crippen LogP contribution < -0.4 is 10.1 Å². The summed E-state index contributed by atoms with van der Waals surface area (Å²) in [6.07, 6.45) is 1.04. The first-order chi connectivity index (χ1) is 17.2. The van der Waals surface area contributed by atoms with E-state index < -0.39 is 34.4 Å². The average molecular weight is 510 g/mol. The number of hydrogen-bond donors (Lipinski definition) is 1. The van der Waals surface area contributed by atoms with Crippen LogP contribution in [0.15, 0.2) is 84.9 Å². The zero-order chi connectivity index (χ0) is 26.1. The van der Waals surface area contributed by atoms with E-state index >= 15 is 0 Å². The highest BCUT2D eigenvalue weighted by atomic mass is 32.2. The Bertz CT molecular complexity index is 1270. The molecule has 0 radical (unpaired) electrons. The maximum Gasteiger partial charge on any atom is 0.247 e. The van der Waals surface area contributed by atoms with Crippen LogP contribution in [0.4, 0.5) is 0 Å². The maximum atomic E-state index is 13.7. The molecule has 8 nitrogen and oxygen atoms in total. The Labute approximate surface area is 212 Å². The largest absolute Gasteiger partial charge is 0.496 e. The molecule has 0 aliphatic rings. The zero-order valence-corrected chi connectivity index (χ0v) is 21.4. The summed E-state index contributed by atoms with van der Waals surface area (Å²) in [5.41, 5.74) is 2.21. The molecule has 3 rings (SSSR count). The molecule has 0 spiro atoms. The Kier molecular flexibility index (Phi) is 9.21. The van der Waals surface area contributed by atoms with Crippen LogP contribution >= 0.6 is 0 Å². The van der Waals surface area contributed by atoms with E-state index in [4.69, 9.17) is 4.74 Å². The smallest absolute Gasteiger partial charge is 0.247 e. The third-order valence-corrected chi connectivity index (χ3v) is 7.02. The van der Waals surface area contributed by atoms with E-state index in [1.54, 1.807) is 31.4 Å². The normalized spacial score (nSPS) is 12.1. The lowest BCUT2D eigenvalue weighted by Crippen LogP contribution is -2.47. The lowest BCUT2D eigenvalue weighted by molar-refractivity contribution is -0.141. The molecule has 0 aliphatic heterocycles. The summed E-state index contributed by atoms with van der Waals surface area (Å²) in [5, 5.41) is 2.93. The van der Waals surface area contributed by atoms with E-state index in [9.17, 15) is 18.0 Å². The molecule has 3 aromatic carbocycles. The molecule has 0 aliphatic carbocycles. The van der Waals surface area contributed by atoms with Crippen LogP contribution in [-0.4, -0.2) is 56.4 Å². The maximum absolute atomic E-state index is 13.7. The molecule has 0 aromatic heterocycles. The van der Waals surface area contributed by atoms with Crippen molar-refractivity contribution in [1.29, 1.82) is 0 Å². The van der Waals surface area contributed by atoms with Crippen molar-refractivity contribution >= 4 is 21.8 Å². The summed E-state index contributed by atoms with van der Waals surface area (Å²) in [4.78, 5) is 28.6. The van der Waals surface area contributed by atoms with Gasteiger partial charge in [-0.25, -0.2) is 8.42 Å². The fraction of sp³-hybridized carbons (Fsp3) is 0.259. The predicted octanol–water partition coefficient (Wildman–Crippen LogP) is 2.97. The van der Waals surface area contributed by atoms with Crippen molar-refractivity contribution in [3.8, 4) is 5.75 Å². The Hall–Kier alpha value is -3.69. The lowest BCUT2D eigenvalue weighted by atomic mass is 10.0. The second-order valence-electron chi connectivity index (χ2n) is 8.37. The van der Waals surface area contributed by atoms with E-state index in [1.165, 1.54) is 11.9 Å². The number of methoxy groups -OCH3 is 1. The number of rotatable bonds is 11. The van der Waals surface area contributed by atoms with Crippen LogP contribution in [0.25, 0.3) is 0 Å². The number of amides is 2. The third-order valence-electron chi connectivity index (χ3n) is 5.76. The van der Waals surface area contributed by atoms with Gasteiger partial charge in [-0.2, -0.15) is 4.31 Å². The number of carbonyl (C=O) groups excluding carboxylic acids is 2. The first-order valence-corrected chi connectivity index (χ1v) is 13.2. The molecular formula is C27H31N3O5S. The van der Waals surface area contributed by atoms with Gasteiger partial charge < -0.3 is 15.0 Å². The van der Waals surface area contributed by atoms with Crippen molar-refractivity contribution in [2.45, 2.75) is 19.1 Å². The molecule has 0 heterocycles. The molecule has 9 heteroatoms. The minimum Gasteiger partial charge on any atom is -0.496 e. The number of likely N-dealkylation sites (N-methyl/N-ethyl adjacent to an activating group) is 1. The van der Waals surface area contributed by atoms with Gasteiger partial charge in [0.15, 0.2) is 0 Å². The van der Waals surface area contributed by atoms with Gasteiger partial charge in [-0.3, -0.25) is 9.59 Å². The molecule has 0 bridgehead atoms. The topological polar surface area (TPSA) is 96.0 Å². The number of carbonyl (C=O) groups is 2. The molecule has 3 aromatic rings. The second kappa shape index (κ2) is 12.3. The van der Waals surface area contributed by atoms with Gasteiger partial charge in [0.25, 0.3) is 0 Å². The van der Waals surface area contributed by atoms with E-state index in [2.05, 4.69) is 5.32 Å². The SMILES string of the molecule is COc1ccccc1CNC(=O)[C@H](c1ccccc1)N(Cc1ccccc1)C(=O)CN(C)S(C)(=O)=O. The zero-order valence-electron chi connectivity index (χ0n) is 20.6. The first kappa shape index (κ1) is 26.9. The number of para-hydroxylation sites is 1. The van der Waals surface area contributed by atoms with E-state index in [-0.39, 0.29) is 13.1 Å². The molecule has 0 fully saturated rings.